The van der Waals surface area contributed by atoms with Gasteiger partial charge in [-0.15, -0.1) is 0 Å². The van der Waals surface area contributed by atoms with E-state index in [9.17, 15) is 0 Å². The zero-order chi connectivity index (χ0) is 21.7. The Balaban J connectivity index is 1.52. The van der Waals surface area contributed by atoms with Crippen molar-refractivity contribution < 1.29 is 4.74 Å². The lowest BCUT2D eigenvalue weighted by molar-refractivity contribution is -0.144. The number of ether oxygens (including phenoxy) is 1. The van der Waals surface area contributed by atoms with Gasteiger partial charge in [0.25, 0.3) is 0 Å². The molecule has 5 aliphatic carbocycles. The number of rotatable bonds is 4. The zero-order valence-electron chi connectivity index (χ0n) is 21.0. The first-order chi connectivity index (χ1) is 14.1. The van der Waals surface area contributed by atoms with Crippen LogP contribution < -0.4 is 10.6 Å². The van der Waals surface area contributed by atoms with Gasteiger partial charge in [-0.3, -0.25) is 0 Å². The van der Waals surface area contributed by atoms with Gasteiger partial charge < -0.3 is 15.4 Å². The van der Waals surface area contributed by atoms with E-state index in [-0.39, 0.29) is 0 Å². The molecule has 0 aromatic heterocycles. The summed E-state index contributed by atoms with van der Waals surface area (Å²) in [7, 11) is 6.30. The Morgan fingerprint density at radius 3 is 2.17 bits per heavy atom. The van der Waals surface area contributed by atoms with E-state index < -0.39 is 0 Å². The summed E-state index contributed by atoms with van der Waals surface area (Å²) in [5.41, 5.74) is 2.51. The van der Waals surface area contributed by atoms with Gasteiger partial charge in [0.05, 0.1) is 6.10 Å². The quantitative estimate of drug-likeness (QED) is 0.657. The van der Waals surface area contributed by atoms with E-state index >= 15 is 0 Å². The van der Waals surface area contributed by atoms with Crippen LogP contribution in [0.5, 0.6) is 0 Å². The van der Waals surface area contributed by atoms with Crippen LogP contribution >= 0.6 is 0 Å². The second kappa shape index (κ2) is 6.48. The van der Waals surface area contributed by atoms with Crippen LogP contribution in [0.4, 0.5) is 0 Å². The van der Waals surface area contributed by atoms with Crippen molar-refractivity contribution in [2.75, 3.05) is 21.2 Å². The lowest BCUT2D eigenvalue weighted by atomic mass is 9.42. The van der Waals surface area contributed by atoms with Gasteiger partial charge in [-0.2, -0.15) is 0 Å². The topological polar surface area (TPSA) is 33.3 Å². The van der Waals surface area contributed by atoms with Crippen molar-refractivity contribution >= 4 is 0 Å². The maximum atomic E-state index is 6.21. The van der Waals surface area contributed by atoms with Gasteiger partial charge in [0, 0.05) is 25.1 Å². The van der Waals surface area contributed by atoms with Crippen LogP contribution in [0.3, 0.4) is 0 Å². The minimum atomic E-state index is 0.389. The summed E-state index contributed by atoms with van der Waals surface area (Å²) in [6.45, 7) is 12.9. The summed E-state index contributed by atoms with van der Waals surface area (Å²) in [5.74, 6) is 2.43. The largest absolute Gasteiger partial charge is 0.381 e. The summed E-state index contributed by atoms with van der Waals surface area (Å²) in [4.78, 5) is 0. The maximum absolute atomic E-state index is 6.21. The fraction of sp³-hybridized carbons (Fsp3) is 1.00. The molecule has 10 atom stereocenters. The molecule has 0 heterocycles. The highest BCUT2D eigenvalue weighted by Gasteiger charge is 2.82. The van der Waals surface area contributed by atoms with Crippen LogP contribution in [0.25, 0.3) is 0 Å². The third kappa shape index (κ3) is 2.24. The van der Waals surface area contributed by atoms with Crippen molar-refractivity contribution in [3.05, 3.63) is 0 Å². The Labute approximate surface area is 185 Å². The monoisotopic (exact) mass is 416 g/mol. The van der Waals surface area contributed by atoms with E-state index in [1.807, 2.05) is 7.11 Å². The van der Waals surface area contributed by atoms with Gasteiger partial charge in [-0.25, -0.2) is 0 Å². The third-order valence-electron chi connectivity index (χ3n) is 12.8. The lowest BCUT2D eigenvalue weighted by Crippen LogP contribution is -2.59. The van der Waals surface area contributed by atoms with Gasteiger partial charge >= 0.3 is 0 Å². The van der Waals surface area contributed by atoms with E-state index in [0.717, 1.165) is 11.8 Å². The highest BCUT2D eigenvalue weighted by Crippen LogP contribution is 2.88. The van der Waals surface area contributed by atoms with E-state index in [1.54, 1.807) is 0 Å². The van der Waals surface area contributed by atoms with Crippen molar-refractivity contribution in [3.63, 3.8) is 0 Å². The highest BCUT2D eigenvalue weighted by molar-refractivity contribution is 5.31. The van der Waals surface area contributed by atoms with Gasteiger partial charge in [-0.1, -0.05) is 27.7 Å². The molecule has 0 aromatic rings. The van der Waals surface area contributed by atoms with Gasteiger partial charge in [0.2, 0.25) is 0 Å². The highest BCUT2D eigenvalue weighted by atomic mass is 16.5. The molecule has 0 bridgehead atoms. The van der Waals surface area contributed by atoms with E-state index in [0.29, 0.717) is 51.2 Å². The second-order valence-electron chi connectivity index (χ2n) is 13.3. The number of nitrogens with one attached hydrogen (secondary N) is 2. The SMILES string of the molecule is CN[C@@H](C)[C@H]1[C@H](OC)C[C@@]2(C)[C@@H]3CC[C@H]4C(C)(C)[C@@H](NC)CC[C@@]45C[C@@]35CC[C@]12C. The predicted octanol–water partition coefficient (Wildman–Crippen LogP) is 5.25. The fourth-order valence-corrected chi connectivity index (χ4v) is 11.2. The zero-order valence-corrected chi connectivity index (χ0v) is 21.0. The van der Waals surface area contributed by atoms with Gasteiger partial charge in [0.1, 0.15) is 0 Å². The lowest BCUT2D eigenvalue weighted by Gasteiger charge is -2.63. The van der Waals surface area contributed by atoms with E-state index in [1.165, 1.54) is 51.4 Å². The van der Waals surface area contributed by atoms with Gasteiger partial charge in [-0.05, 0) is 111 Å². The van der Waals surface area contributed by atoms with Crippen molar-refractivity contribution in [1.82, 2.24) is 10.6 Å². The third-order valence-corrected chi connectivity index (χ3v) is 12.8. The van der Waals surface area contributed by atoms with Crippen molar-refractivity contribution in [1.29, 1.82) is 0 Å². The van der Waals surface area contributed by atoms with E-state index in [4.69, 9.17) is 4.74 Å². The number of hydrogen-bond acceptors (Lipinski definition) is 3. The molecule has 0 saturated heterocycles. The molecular weight excluding hydrogens is 368 g/mol. The Morgan fingerprint density at radius 1 is 0.867 bits per heavy atom. The summed E-state index contributed by atoms with van der Waals surface area (Å²) < 4.78 is 6.21. The first kappa shape index (κ1) is 21.7. The van der Waals surface area contributed by atoms with Crippen molar-refractivity contribution in [2.45, 2.75) is 104 Å². The average Bonchev–Trinajstić information content (AvgIpc) is 3.31. The van der Waals surface area contributed by atoms with Gasteiger partial charge in [0.15, 0.2) is 0 Å². The standard InChI is InChI=1S/C27H48N2O/c1-17(28-6)22-18(30-8)15-25(5)20-10-9-19-23(2,3)21(29-7)11-12-26(19)16-27(20,26)14-13-24(22,25)4/h17-22,28-29H,9-16H2,1-8H3/t17-,18+,19-,20-,21-,22-,24+,25-,26+,27-/m0/s1. The number of hydrogen-bond donors (Lipinski definition) is 2. The molecule has 5 rings (SSSR count). The Kier molecular flexibility index (Phi) is 4.69. The summed E-state index contributed by atoms with van der Waals surface area (Å²) >= 11 is 0. The smallest absolute Gasteiger partial charge is 0.0625 e. The average molecular weight is 417 g/mol. The maximum Gasteiger partial charge on any atom is 0.0625 e. The molecule has 0 amide bonds. The van der Waals surface area contributed by atoms with Crippen LogP contribution in [-0.2, 0) is 4.74 Å². The Hall–Kier alpha value is -0.120. The molecule has 0 aliphatic heterocycles. The van der Waals surface area contributed by atoms with Crippen LogP contribution in [0, 0.1) is 44.8 Å². The molecule has 3 heteroatoms. The Morgan fingerprint density at radius 2 is 1.53 bits per heavy atom. The molecule has 0 aromatic carbocycles. The normalized spacial score (nSPS) is 57.0. The number of fused-ring (bicyclic) bond motifs is 2. The van der Waals surface area contributed by atoms with Crippen LogP contribution in [-0.4, -0.2) is 39.4 Å². The first-order valence-corrected chi connectivity index (χ1v) is 13.0. The first-order valence-electron chi connectivity index (χ1n) is 13.0. The van der Waals surface area contributed by atoms with Crippen LogP contribution in [0.1, 0.15) is 86.0 Å². The molecule has 5 aliphatic rings. The molecule has 0 radical (unpaired) electrons. The second-order valence-corrected chi connectivity index (χ2v) is 13.3. The fourth-order valence-electron chi connectivity index (χ4n) is 11.2. The van der Waals surface area contributed by atoms with Crippen molar-refractivity contribution in [2.24, 2.45) is 44.8 Å². The molecule has 5 fully saturated rings. The molecule has 172 valence electrons. The van der Waals surface area contributed by atoms with E-state index in [2.05, 4.69) is 59.3 Å². The predicted molar refractivity (Wildman–Crippen MR) is 124 cm³/mol. The van der Waals surface area contributed by atoms with Crippen LogP contribution in [0.15, 0.2) is 0 Å². The molecule has 5 saturated carbocycles. The molecule has 30 heavy (non-hydrogen) atoms. The van der Waals surface area contributed by atoms with Crippen molar-refractivity contribution in [3.8, 4) is 0 Å². The molecule has 2 N–H and O–H groups in total. The minimum Gasteiger partial charge on any atom is -0.381 e. The Bertz CT molecular complexity index is 707. The molecule has 0 unspecified atom stereocenters. The summed E-state index contributed by atoms with van der Waals surface area (Å²) in [6, 6.07) is 1.21. The van der Waals surface area contributed by atoms with Crippen LogP contribution in [0.2, 0.25) is 0 Å². The number of methoxy groups -OCH3 is 1. The molecule has 2 spiro atoms. The summed E-state index contributed by atoms with van der Waals surface area (Å²) in [6.07, 6.45) is 11.8. The summed E-state index contributed by atoms with van der Waals surface area (Å²) in [5, 5.41) is 7.32. The molecule has 3 nitrogen and oxygen atoms in total. The minimum absolute atomic E-state index is 0.389. The molecular formula is C27H48N2O.